The predicted molar refractivity (Wildman–Crippen MR) is 110 cm³/mol. The molecule has 10 nitrogen and oxygen atoms in total. The van der Waals surface area contributed by atoms with E-state index < -0.39 is 15.6 Å². The summed E-state index contributed by atoms with van der Waals surface area (Å²) >= 11 is 0. The standard InChI is InChI=1S/C19H32N6O4S/c1-2-10-30(27,28)20-11-16-17-12-29-19(14-25(17)23-22-16)8-9-24(13-19)18(26)21-15-6-4-3-5-7-15/h15,20H,2-14H2,1H3,(H,21,26). The van der Waals surface area contributed by atoms with Crippen molar-refractivity contribution in [2.45, 2.75) is 83.2 Å². The monoisotopic (exact) mass is 440 g/mol. The molecule has 3 heterocycles. The third kappa shape index (κ3) is 4.78. The summed E-state index contributed by atoms with van der Waals surface area (Å²) in [5.74, 6) is 0.0921. The summed E-state index contributed by atoms with van der Waals surface area (Å²) in [4.78, 5) is 14.5. The number of carbonyl (C=O) groups is 1. The average molecular weight is 441 g/mol. The van der Waals surface area contributed by atoms with Crippen LogP contribution in [0.2, 0.25) is 0 Å². The van der Waals surface area contributed by atoms with Crippen molar-refractivity contribution in [3.8, 4) is 0 Å². The lowest BCUT2D eigenvalue weighted by Gasteiger charge is -2.34. The molecule has 2 aliphatic heterocycles. The van der Waals surface area contributed by atoms with E-state index in [9.17, 15) is 13.2 Å². The number of nitrogens with one attached hydrogen (secondary N) is 2. The van der Waals surface area contributed by atoms with Crippen molar-refractivity contribution in [1.82, 2.24) is 29.9 Å². The van der Waals surface area contributed by atoms with Crippen molar-refractivity contribution in [2.75, 3.05) is 18.8 Å². The Labute approximate surface area is 177 Å². The minimum Gasteiger partial charge on any atom is -0.365 e. The molecule has 1 unspecified atom stereocenters. The van der Waals surface area contributed by atoms with Gasteiger partial charge in [-0.05, 0) is 25.7 Å². The van der Waals surface area contributed by atoms with E-state index in [1.807, 2.05) is 11.8 Å². The van der Waals surface area contributed by atoms with E-state index in [4.69, 9.17) is 4.74 Å². The molecule has 4 rings (SSSR count). The first-order valence-electron chi connectivity index (χ1n) is 11.0. The van der Waals surface area contributed by atoms with Crippen LogP contribution < -0.4 is 10.0 Å². The molecule has 2 N–H and O–H groups in total. The summed E-state index contributed by atoms with van der Waals surface area (Å²) in [5, 5.41) is 11.6. The normalized spacial score (nSPS) is 24.9. The van der Waals surface area contributed by atoms with Gasteiger partial charge in [0.2, 0.25) is 10.0 Å². The van der Waals surface area contributed by atoms with Gasteiger partial charge in [-0.2, -0.15) is 0 Å². The molecular formula is C19H32N6O4S. The Morgan fingerprint density at radius 2 is 2.07 bits per heavy atom. The highest BCUT2D eigenvalue weighted by Crippen LogP contribution is 2.33. The quantitative estimate of drug-likeness (QED) is 0.684. The maximum atomic E-state index is 12.7. The van der Waals surface area contributed by atoms with Crippen LogP contribution >= 0.6 is 0 Å². The Morgan fingerprint density at radius 3 is 2.83 bits per heavy atom. The number of hydrogen-bond acceptors (Lipinski definition) is 6. The zero-order valence-corrected chi connectivity index (χ0v) is 18.4. The molecule has 1 aromatic heterocycles. The Kier molecular flexibility index (Phi) is 6.31. The molecule has 1 saturated carbocycles. The zero-order valence-electron chi connectivity index (χ0n) is 17.6. The number of urea groups is 1. The maximum Gasteiger partial charge on any atom is 0.317 e. The second-order valence-electron chi connectivity index (χ2n) is 8.71. The predicted octanol–water partition coefficient (Wildman–Crippen LogP) is 1.12. The summed E-state index contributed by atoms with van der Waals surface area (Å²) in [5.41, 5.74) is 0.934. The molecule has 0 radical (unpaired) electrons. The first-order chi connectivity index (χ1) is 14.4. The van der Waals surface area contributed by atoms with Gasteiger partial charge in [-0.1, -0.05) is 31.4 Å². The average Bonchev–Trinajstić information content (AvgIpc) is 3.31. The van der Waals surface area contributed by atoms with E-state index in [1.54, 1.807) is 4.68 Å². The van der Waals surface area contributed by atoms with Gasteiger partial charge in [0.1, 0.15) is 11.3 Å². The van der Waals surface area contributed by atoms with Gasteiger partial charge in [0.15, 0.2) is 0 Å². The van der Waals surface area contributed by atoms with E-state index in [0.29, 0.717) is 38.4 Å². The van der Waals surface area contributed by atoms with Gasteiger partial charge in [-0.3, -0.25) is 0 Å². The van der Waals surface area contributed by atoms with Crippen LogP contribution in [0.4, 0.5) is 4.79 Å². The molecule has 1 spiro atoms. The number of rotatable bonds is 6. The van der Waals surface area contributed by atoms with Gasteiger partial charge in [-0.15, -0.1) is 5.10 Å². The summed E-state index contributed by atoms with van der Waals surface area (Å²) in [6, 6.07) is 0.286. The first kappa shape index (κ1) is 21.5. The van der Waals surface area contributed by atoms with E-state index in [0.717, 1.165) is 25.0 Å². The Bertz CT molecular complexity index is 866. The molecule has 30 heavy (non-hydrogen) atoms. The van der Waals surface area contributed by atoms with Crippen molar-refractivity contribution in [3.05, 3.63) is 11.4 Å². The summed E-state index contributed by atoms with van der Waals surface area (Å²) in [7, 11) is -3.30. The highest BCUT2D eigenvalue weighted by Gasteiger charge is 2.45. The summed E-state index contributed by atoms with van der Waals surface area (Å²) in [6.45, 7) is 3.96. The Balaban J connectivity index is 1.34. The number of sulfonamides is 1. The van der Waals surface area contributed by atoms with Crippen LogP contribution in [0.3, 0.4) is 0 Å². The third-order valence-corrected chi connectivity index (χ3v) is 7.87. The van der Waals surface area contributed by atoms with Crippen LogP contribution in [0.15, 0.2) is 0 Å². The minimum atomic E-state index is -3.30. The molecule has 1 aromatic rings. The van der Waals surface area contributed by atoms with E-state index in [2.05, 4.69) is 20.4 Å². The SMILES string of the molecule is CCCS(=O)(=O)NCc1nnn2c1COC1(CCN(C(=O)NC3CCCCC3)C1)C2. The van der Waals surface area contributed by atoms with Crippen LogP contribution in [-0.2, 0) is 34.5 Å². The molecule has 0 bridgehead atoms. The maximum absolute atomic E-state index is 12.7. The fourth-order valence-electron chi connectivity index (χ4n) is 4.63. The van der Waals surface area contributed by atoms with Crippen LogP contribution in [0.5, 0.6) is 0 Å². The van der Waals surface area contributed by atoms with Crippen LogP contribution in [0.1, 0.15) is 63.3 Å². The lowest BCUT2D eigenvalue weighted by atomic mass is 9.96. The molecule has 168 valence electrons. The van der Waals surface area contributed by atoms with Gasteiger partial charge >= 0.3 is 6.03 Å². The Hall–Kier alpha value is -1.72. The number of likely N-dealkylation sites (tertiary alicyclic amines) is 1. The molecule has 2 amide bonds. The van der Waals surface area contributed by atoms with Gasteiger partial charge in [0.05, 0.1) is 37.7 Å². The van der Waals surface area contributed by atoms with E-state index in [-0.39, 0.29) is 24.4 Å². The minimum absolute atomic E-state index is 0.00205. The summed E-state index contributed by atoms with van der Waals surface area (Å²) < 4.78 is 34.4. The third-order valence-electron chi connectivity index (χ3n) is 6.34. The number of amides is 2. The Morgan fingerprint density at radius 1 is 1.27 bits per heavy atom. The number of fused-ring (bicyclic) bond motifs is 1. The van der Waals surface area contributed by atoms with Crippen LogP contribution in [0, 0.1) is 0 Å². The van der Waals surface area contributed by atoms with E-state index in [1.165, 1.54) is 19.3 Å². The van der Waals surface area contributed by atoms with Crippen molar-refractivity contribution in [3.63, 3.8) is 0 Å². The lowest BCUT2D eigenvalue weighted by Crippen LogP contribution is -2.48. The molecule has 1 atom stereocenters. The number of ether oxygens (including phenoxy) is 1. The molecule has 3 aliphatic rings. The van der Waals surface area contributed by atoms with Crippen molar-refractivity contribution in [2.24, 2.45) is 0 Å². The number of carbonyl (C=O) groups excluding carboxylic acids is 1. The van der Waals surface area contributed by atoms with Gasteiger partial charge in [0.25, 0.3) is 0 Å². The molecule has 1 saturated heterocycles. The second-order valence-corrected chi connectivity index (χ2v) is 10.6. The number of aromatic nitrogens is 3. The highest BCUT2D eigenvalue weighted by molar-refractivity contribution is 7.89. The number of nitrogens with zero attached hydrogens (tertiary/aromatic N) is 4. The van der Waals surface area contributed by atoms with Crippen molar-refractivity contribution in [1.29, 1.82) is 0 Å². The van der Waals surface area contributed by atoms with Crippen molar-refractivity contribution >= 4 is 16.1 Å². The number of hydrogen-bond donors (Lipinski definition) is 2. The van der Waals surface area contributed by atoms with E-state index >= 15 is 0 Å². The smallest absolute Gasteiger partial charge is 0.317 e. The summed E-state index contributed by atoms with van der Waals surface area (Å²) in [6.07, 6.45) is 7.07. The second kappa shape index (κ2) is 8.80. The molecule has 0 aromatic carbocycles. The van der Waals surface area contributed by atoms with Gasteiger partial charge in [-0.25, -0.2) is 22.6 Å². The molecule has 11 heteroatoms. The zero-order chi connectivity index (χ0) is 21.2. The van der Waals surface area contributed by atoms with Crippen LogP contribution in [0.25, 0.3) is 0 Å². The van der Waals surface area contributed by atoms with Gasteiger partial charge < -0.3 is 15.0 Å². The van der Waals surface area contributed by atoms with Crippen molar-refractivity contribution < 1.29 is 17.9 Å². The largest absolute Gasteiger partial charge is 0.365 e. The van der Waals surface area contributed by atoms with Crippen LogP contribution in [-0.4, -0.2) is 64.8 Å². The first-order valence-corrected chi connectivity index (χ1v) is 12.6. The molecule has 1 aliphatic carbocycles. The molecule has 2 fully saturated rings. The fraction of sp³-hybridized carbons (Fsp3) is 0.842. The van der Waals surface area contributed by atoms with Gasteiger partial charge in [0, 0.05) is 12.6 Å². The highest BCUT2D eigenvalue weighted by atomic mass is 32.2. The fourth-order valence-corrected chi connectivity index (χ4v) is 5.67. The lowest BCUT2D eigenvalue weighted by molar-refractivity contribution is -0.0824. The topological polar surface area (TPSA) is 118 Å². The molecular weight excluding hydrogens is 408 g/mol.